The first-order chi connectivity index (χ1) is 6.02. The van der Waals surface area contributed by atoms with E-state index in [1.165, 1.54) is 0 Å². The van der Waals surface area contributed by atoms with Gasteiger partial charge in [0.05, 0.1) is 11.1 Å². The van der Waals surface area contributed by atoms with Gasteiger partial charge in [0.25, 0.3) is 0 Å². The first-order valence-electron chi connectivity index (χ1n) is 3.36. The Labute approximate surface area is 73.4 Å². The van der Waals surface area contributed by atoms with Crippen LogP contribution in [0.25, 0.3) is 0 Å². The summed E-state index contributed by atoms with van der Waals surface area (Å²) in [5.74, 6) is -2.65. The number of aromatic carboxylic acids is 1. The van der Waals surface area contributed by atoms with Gasteiger partial charge in [-0.3, -0.25) is 9.90 Å². The highest BCUT2D eigenvalue weighted by atomic mass is 16.4. The Bertz CT molecular complexity index is 372. The van der Waals surface area contributed by atoms with Gasteiger partial charge in [0.1, 0.15) is 0 Å². The number of carbonyl (C=O) groups excluding carboxylic acids is 1. The molecule has 0 spiro atoms. The largest absolute Gasteiger partial charge is 0.478 e. The van der Waals surface area contributed by atoms with Crippen LogP contribution in [0.1, 0.15) is 20.7 Å². The standard InChI is InChI=1S/C8H6NO4/c9-7(11)6-3-4(10)1-2-5(6)8(12)13/h1-3H,(H2,9,11)(H,12,13). The second kappa shape index (κ2) is 3.14. The first kappa shape index (κ1) is 9.05. The number of carboxylic acid groups (broad SMARTS) is 1. The van der Waals surface area contributed by atoms with Crippen molar-refractivity contribution >= 4 is 11.9 Å². The van der Waals surface area contributed by atoms with Crippen LogP contribution in [0, 0.1) is 0 Å². The van der Waals surface area contributed by atoms with Crippen LogP contribution >= 0.6 is 0 Å². The smallest absolute Gasteiger partial charge is 0.336 e. The zero-order valence-corrected chi connectivity index (χ0v) is 6.48. The fourth-order valence-corrected chi connectivity index (χ4v) is 0.914. The molecule has 0 saturated heterocycles. The molecule has 3 N–H and O–H groups in total. The van der Waals surface area contributed by atoms with E-state index in [2.05, 4.69) is 0 Å². The molecule has 0 aromatic heterocycles. The zero-order chi connectivity index (χ0) is 10.0. The topological polar surface area (TPSA) is 100 Å². The lowest BCUT2D eigenvalue weighted by Gasteiger charge is -2.00. The van der Waals surface area contributed by atoms with Gasteiger partial charge in [0.2, 0.25) is 5.91 Å². The van der Waals surface area contributed by atoms with Crippen molar-refractivity contribution in [2.24, 2.45) is 5.73 Å². The zero-order valence-electron chi connectivity index (χ0n) is 6.48. The molecule has 0 unspecified atom stereocenters. The third-order valence-electron chi connectivity index (χ3n) is 1.49. The van der Waals surface area contributed by atoms with E-state index in [9.17, 15) is 14.7 Å². The number of amides is 1. The van der Waals surface area contributed by atoms with Crippen LogP contribution in [0.15, 0.2) is 18.2 Å². The number of nitrogens with two attached hydrogens (primary N) is 1. The van der Waals surface area contributed by atoms with Crippen molar-refractivity contribution in [2.45, 2.75) is 0 Å². The molecule has 0 aliphatic rings. The minimum atomic E-state index is -1.28. The van der Waals surface area contributed by atoms with Crippen molar-refractivity contribution in [3.05, 3.63) is 29.3 Å². The predicted octanol–water partition coefficient (Wildman–Crippen LogP) is 0.627. The second-order valence-corrected chi connectivity index (χ2v) is 2.38. The molecule has 0 heterocycles. The Kier molecular flexibility index (Phi) is 2.19. The molecule has 1 aromatic rings. The lowest BCUT2D eigenvalue weighted by atomic mass is 10.1. The van der Waals surface area contributed by atoms with Gasteiger partial charge in [-0.25, -0.2) is 4.79 Å². The maximum Gasteiger partial charge on any atom is 0.336 e. The van der Waals surface area contributed by atoms with Crippen molar-refractivity contribution in [2.75, 3.05) is 0 Å². The number of carboxylic acids is 1. The van der Waals surface area contributed by atoms with Crippen molar-refractivity contribution in [3.8, 4) is 5.75 Å². The molecule has 1 radical (unpaired) electrons. The van der Waals surface area contributed by atoms with E-state index >= 15 is 0 Å². The average molecular weight is 180 g/mol. The predicted molar refractivity (Wildman–Crippen MR) is 42.1 cm³/mol. The van der Waals surface area contributed by atoms with E-state index < -0.39 is 17.6 Å². The maximum absolute atomic E-state index is 10.8. The summed E-state index contributed by atoms with van der Waals surface area (Å²) < 4.78 is 0. The molecular formula is C8H6NO4. The minimum absolute atomic E-state index is 0.257. The Morgan fingerprint density at radius 1 is 1.23 bits per heavy atom. The third kappa shape index (κ3) is 1.76. The van der Waals surface area contributed by atoms with Crippen LogP contribution in [0.3, 0.4) is 0 Å². The molecule has 0 bridgehead atoms. The van der Waals surface area contributed by atoms with Crippen molar-refractivity contribution in [3.63, 3.8) is 0 Å². The number of hydrogen-bond donors (Lipinski definition) is 2. The van der Waals surface area contributed by atoms with Crippen LogP contribution < -0.4 is 5.73 Å². The lowest BCUT2D eigenvalue weighted by Crippen LogP contribution is -2.15. The first-order valence-corrected chi connectivity index (χ1v) is 3.36. The minimum Gasteiger partial charge on any atom is -0.478 e. The van der Waals surface area contributed by atoms with E-state index in [0.29, 0.717) is 0 Å². The Morgan fingerprint density at radius 2 is 1.85 bits per heavy atom. The third-order valence-corrected chi connectivity index (χ3v) is 1.49. The van der Waals surface area contributed by atoms with Crippen LogP contribution in [0.4, 0.5) is 0 Å². The molecular weight excluding hydrogens is 174 g/mol. The van der Waals surface area contributed by atoms with Crippen molar-refractivity contribution in [1.82, 2.24) is 0 Å². The molecule has 0 aliphatic heterocycles. The fraction of sp³-hybridized carbons (Fsp3) is 0. The number of carbonyl (C=O) groups is 2. The average Bonchev–Trinajstić information content (AvgIpc) is 2.03. The van der Waals surface area contributed by atoms with Gasteiger partial charge in [-0.2, -0.15) is 0 Å². The number of rotatable bonds is 2. The summed E-state index contributed by atoms with van der Waals surface area (Å²) in [4.78, 5) is 21.2. The quantitative estimate of drug-likeness (QED) is 0.697. The summed E-state index contributed by atoms with van der Waals surface area (Å²) in [5, 5.41) is 19.4. The molecule has 1 rings (SSSR count). The Balaban J connectivity index is 3.35. The fourth-order valence-electron chi connectivity index (χ4n) is 0.914. The van der Waals surface area contributed by atoms with Gasteiger partial charge in [-0.05, 0) is 18.2 Å². The molecule has 13 heavy (non-hydrogen) atoms. The highest BCUT2D eigenvalue weighted by Gasteiger charge is 2.14. The van der Waals surface area contributed by atoms with Crippen molar-refractivity contribution < 1.29 is 19.8 Å². The van der Waals surface area contributed by atoms with Gasteiger partial charge < -0.3 is 10.8 Å². The molecule has 0 atom stereocenters. The monoisotopic (exact) mass is 180 g/mol. The highest BCUT2D eigenvalue weighted by Crippen LogP contribution is 2.16. The lowest BCUT2D eigenvalue weighted by molar-refractivity contribution is 0.0692. The maximum atomic E-state index is 10.8. The normalized spacial score (nSPS) is 9.54. The van der Waals surface area contributed by atoms with E-state index in [-0.39, 0.29) is 11.1 Å². The number of primary amides is 1. The summed E-state index contributed by atoms with van der Waals surface area (Å²) in [6.45, 7) is 0. The summed E-state index contributed by atoms with van der Waals surface area (Å²) in [6, 6.07) is 3.03. The Morgan fingerprint density at radius 3 is 2.31 bits per heavy atom. The van der Waals surface area contributed by atoms with Crippen LogP contribution in [0.2, 0.25) is 0 Å². The van der Waals surface area contributed by atoms with Gasteiger partial charge >= 0.3 is 5.97 Å². The highest BCUT2D eigenvalue weighted by molar-refractivity contribution is 6.04. The number of benzene rings is 1. The van der Waals surface area contributed by atoms with E-state index in [1.54, 1.807) is 0 Å². The molecule has 1 amide bonds. The van der Waals surface area contributed by atoms with E-state index in [0.717, 1.165) is 18.2 Å². The molecule has 0 saturated carbocycles. The molecule has 0 aliphatic carbocycles. The molecule has 1 aromatic carbocycles. The van der Waals surface area contributed by atoms with Crippen LogP contribution in [-0.4, -0.2) is 17.0 Å². The van der Waals surface area contributed by atoms with E-state index in [4.69, 9.17) is 10.8 Å². The van der Waals surface area contributed by atoms with Crippen LogP contribution in [0.5, 0.6) is 5.75 Å². The van der Waals surface area contributed by atoms with Gasteiger partial charge in [0.15, 0.2) is 5.75 Å². The molecule has 5 heteroatoms. The summed E-state index contributed by atoms with van der Waals surface area (Å²) >= 11 is 0. The van der Waals surface area contributed by atoms with Gasteiger partial charge in [-0.1, -0.05) is 0 Å². The summed E-state index contributed by atoms with van der Waals surface area (Å²) in [6.07, 6.45) is 0. The van der Waals surface area contributed by atoms with E-state index in [1.807, 2.05) is 0 Å². The summed E-state index contributed by atoms with van der Waals surface area (Å²) in [5.41, 5.74) is 4.36. The molecule has 67 valence electrons. The summed E-state index contributed by atoms with van der Waals surface area (Å²) in [7, 11) is 0. The van der Waals surface area contributed by atoms with Crippen molar-refractivity contribution in [1.29, 1.82) is 0 Å². The second-order valence-electron chi connectivity index (χ2n) is 2.38. The van der Waals surface area contributed by atoms with Gasteiger partial charge in [0, 0.05) is 0 Å². The molecule has 5 nitrogen and oxygen atoms in total. The SMILES string of the molecule is NC(=O)c1cc([O])ccc1C(=O)O. The van der Waals surface area contributed by atoms with Crippen LogP contribution in [-0.2, 0) is 5.11 Å². The number of hydrogen-bond acceptors (Lipinski definition) is 2. The van der Waals surface area contributed by atoms with Gasteiger partial charge in [-0.15, -0.1) is 0 Å². The Hall–Kier alpha value is -2.04. The molecule has 0 fully saturated rings.